The van der Waals surface area contributed by atoms with E-state index in [0.29, 0.717) is 12.2 Å². The molecule has 0 saturated carbocycles. The van der Waals surface area contributed by atoms with Crippen molar-refractivity contribution in [3.63, 3.8) is 0 Å². The molecule has 0 heterocycles. The first-order chi connectivity index (χ1) is 7.95. The molecule has 94 valence electrons. The Labute approximate surface area is 111 Å². The maximum Gasteiger partial charge on any atom is 0.241 e. The minimum atomic E-state index is 0.0640. The lowest BCUT2D eigenvalue weighted by Gasteiger charge is -2.25. The number of carbonyl (C=O) groups is 1. The van der Waals surface area contributed by atoms with Crippen LogP contribution in [0.2, 0.25) is 0 Å². The van der Waals surface area contributed by atoms with Gasteiger partial charge in [0, 0.05) is 25.1 Å². The summed E-state index contributed by atoms with van der Waals surface area (Å²) in [5.41, 5.74) is 7.52. The van der Waals surface area contributed by atoms with Crippen molar-refractivity contribution in [2.24, 2.45) is 0 Å². The van der Waals surface area contributed by atoms with E-state index < -0.39 is 0 Å². The summed E-state index contributed by atoms with van der Waals surface area (Å²) in [6, 6.07) is 5.69. The van der Waals surface area contributed by atoms with Crippen LogP contribution in [0.4, 0.5) is 11.4 Å². The molecule has 17 heavy (non-hydrogen) atoms. The van der Waals surface area contributed by atoms with Crippen LogP contribution in [0.15, 0.2) is 22.7 Å². The molecule has 0 unspecified atom stereocenters. The molecule has 1 aromatic carbocycles. The van der Waals surface area contributed by atoms with Crippen LogP contribution in [0.25, 0.3) is 0 Å². The third kappa shape index (κ3) is 3.63. The van der Waals surface area contributed by atoms with Crippen molar-refractivity contribution in [1.29, 1.82) is 0 Å². The minimum Gasteiger partial charge on any atom is -0.397 e. The standard InChI is InChI=1S/C12H18BrN3O/c1-4-16(8-12(17)15(2)3)11-6-5-9(13)7-10(11)14/h5-7H,4,8,14H2,1-3H3. The van der Waals surface area contributed by atoms with Gasteiger partial charge in [0.2, 0.25) is 5.91 Å². The lowest BCUT2D eigenvalue weighted by Crippen LogP contribution is -2.36. The quantitative estimate of drug-likeness (QED) is 0.865. The molecule has 0 bridgehead atoms. The number of benzene rings is 1. The van der Waals surface area contributed by atoms with E-state index in [1.165, 1.54) is 0 Å². The summed E-state index contributed by atoms with van der Waals surface area (Å²) in [5, 5.41) is 0. The first-order valence-corrected chi connectivity index (χ1v) is 6.25. The molecule has 0 aromatic heterocycles. The summed E-state index contributed by atoms with van der Waals surface area (Å²) in [5.74, 6) is 0.0640. The summed E-state index contributed by atoms with van der Waals surface area (Å²) >= 11 is 3.37. The van der Waals surface area contributed by atoms with Crippen LogP contribution in [-0.2, 0) is 4.79 Å². The Morgan fingerprint density at radius 2 is 2.06 bits per heavy atom. The number of nitrogens with zero attached hydrogens (tertiary/aromatic N) is 2. The Morgan fingerprint density at radius 3 is 2.53 bits per heavy atom. The fraction of sp³-hybridized carbons (Fsp3) is 0.417. The number of hydrogen-bond donors (Lipinski definition) is 1. The summed E-state index contributed by atoms with van der Waals surface area (Å²) in [4.78, 5) is 15.2. The Morgan fingerprint density at radius 1 is 1.41 bits per heavy atom. The number of nitrogens with two attached hydrogens (primary N) is 1. The number of rotatable bonds is 4. The molecule has 5 heteroatoms. The molecule has 1 aromatic rings. The van der Waals surface area contributed by atoms with Gasteiger partial charge in [0.15, 0.2) is 0 Å². The zero-order valence-corrected chi connectivity index (χ0v) is 12.0. The molecule has 4 nitrogen and oxygen atoms in total. The normalized spacial score (nSPS) is 10.1. The number of hydrogen-bond acceptors (Lipinski definition) is 3. The number of nitrogen functional groups attached to an aromatic ring is 1. The van der Waals surface area contributed by atoms with Crippen LogP contribution in [0.5, 0.6) is 0 Å². The van der Waals surface area contributed by atoms with E-state index in [1.807, 2.05) is 30.0 Å². The summed E-state index contributed by atoms with van der Waals surface area (Å²) in [6.45, 7) is 3.09. The summed E-state index contributed by atoms with van der Waals surface area (Å²) < 4.78 is 0.939. The monoisotopic (exact) mass is 299 g/mol. The number of halogens is 1. The van der Waals surface area contributed by atoms with Crippen LogP contribution >= 0.6 is 15.9 Å². The molecule has 0 atom stereocenters. The lowest BCUT2D eigenvalue weighted by molar-refractivity contribution is -0.127. The zero-order chi connectivity index (χ0) is 13.0. The molecule has 0 aliphatic carbocycles. The molecular formula is C12H18BrN3O. The van der Waals surface area contributed by atoms with E-state index >= 15 is 0 Å². The van der Waals surface area contributed by atoms with Gasteiger partial charge >= 0.3 is 0 Å². The molecule has 0 fully saturated rings. The second kappa shape index (κ2) is 5.91. The minimum absolute atomic E-state index is 0.0640. The van der Waals surface area contributed by atoms with Gasteiger partial charge in [0.1, 0.15) is 0 Å². The van der Waals surface area contributed by atoms with Crippen LogP contribution < -0.4 is 10.6 Å². The molecule has 1 amide bonds. The molecule has 2 N–H and O–H groups in total. The number of amides is 1. The predicted molar refractivity (Wildman–Crippen MR) is 75.1 cm³/mol. The molecule has 0 saturated heterocycles. The smallest absolute Gasteiger partial charge is 0.241 e. The third-order valence-electron chi connectivity index (χ3n) is 2.54. The fourth-order valence-corrected chi connectivity index (χ4v) is 1.86. The van der Waals surface area contributed by atoms with Crippen LogP contribution in [0.1, 0.15) is 6.92 Å². The van der Waals surface area contributed by atoms with Crippen molar-refractivity contribution < 1.29 is 4.79 Å². The molecule has 0 aliphatic rings. The van der Waals surface area contributed by atoms with Gasteiger partial charge in [-0.15, -0.1) is 0 Å². The highest BCUT2D eigenvalue weighted by Crippen LogP contribution is 2.26. The van der Waals surface area contributed by atoms with Crippen molar-refractivity contribution in [2.75, 3.05) is 37.8 Å². The summed E-state index contributed by atoms with van der Waals surface area (Å²) in [6.07, 6.45) is 0. The van der Waals surface area contributed by atoms with E-state index in [0.717, 1.165) is 16.7 Å². The third-order valence-corrected chi connectivity index (χ3v) is 3.03. The van der Waals surface area contributed by atoms with Crippen molar-refractivity contribution in [3.8, 4) is 0 Å². The Balaban J connectivity index is 2.90. The molecule has 0 radical (unpaired) electrons. The van der Waals surface area contributed by atoms with Crippen LogP contribution in [0.3, 0.4) is 0 Å². The van der Waals surface area contributed by atoms with Gasteiger partial charge in [-0.3, -0.25) is 4.79 Å². The highest BCUT2D eigenvalue weighted by molar-refractivity contribution is 9.10. The van der Waals surface area contributed by atoms with Gasteiger partial charge in [-0.25, -0.2) is 0 Å². The average molecular weight is 300 g/mol. The summed E-state index contributed by atoms with van der Waals surface area (Å²) in [7, 11) is 3.50. The van der Waals surface area contributed by atoms with Crippen molar-refractivity contribution >= 4 is 33.2 Å². The lowest BCUT2D eigenvalue weighted by atomic mass is 10.2. The fourth-order valence-electron chi connectivity index (χ4n) is 1.49. The molecule has 1 rings (SSSR count). The van der Waals surface area contributed by atoms with Crippen molar-refractivity contribution in [3.05, 3.63) is 22.7 Å². The second-order valence-electron chi connectivity index (χ2n) is 4.01. The van der Waals surface area contributed by atoms with Crippen LogP contribution in [0, 0.1) is 0 Å². The molecule has 0 aliphatic heterocycles. The Kier molecular flexibility index (Phi) is 4.81. The first-order valence-electron chi connectivity index (χ1n) is 5.45. The second-order valence-corrected chi connectivity index (χ2v) is 4.92. The number of anilines is 2. The average Bonchev–Trinajstić information content (AvgIpc) is 2.26. The maximum absolute atomic E-state index is 11.7. The van der Waals surface area contributed by atoms with E-state index in [9.17, 15) is 4.79 Å². The van der Waals surface area contributed by atoms with Crippen LogP contribution in [-0.4, -0.2) is 38.0 Å². The van der Waals surface area contributed by atoms with Gasteiger partial charge in [0.05, 0.1) is 17.9 Å². The number of carbonyl (C=O) groups excluding carboxylic acids is 1. The largest absolute Gasteiger partial charge is 0.397 e. The van der Waals surface area contributed by atoms with Gasteiger partial charge in [0.25, 0.3) is 0 Å². The van der Waals surface area contributed by atoms with E-state index in [1.54, 1.807) is 19.0 Å². The Hall–Kier alpha value is -1.23. The zero-order valence-electron chi connectivity index (χ0n) is 10.4. The number of likely N-dealkylation sites (N-methyl/N-ethyl adjacent to an activating group) is 2. The van der Waals surface area contributed by atoms with Gasteiger partial charge in [-0.05, 0) is 25.1 Å². The van der Waals surface area contributed by atoms with Gasteiger partial charge in [-0.2, -0.15) is 0 Å². The van der Waals surface area contributed by atoms with Crippen molar-refractivity contribution in [1.82, 2.24) is 4.90 Å². The van der Waals surface area contributed by atoms with E-state index in [-0.39, 0.29) is 5.91 Å². The van der Waals surface area contributed by atoms with E-state index in [2.05, 4.69) is 15.9 Å². The van der Waals surface area contributed by atoms with Crippen molar-refractivity contribution in [2.45, 2.75) is 6.92 Å². The molecule has 0 spiro atoms. The molecular weight excluding hydrogens is 282 g/mol. The highest BCUT2D eigenvalue weighted by Gasteiger charge is 2.13. The highest BCUT2D eigenvalue weighted by atomic mass is 79.9. The predicted octanol–water partition coefficient (Wildman–Crippen LogP) is 1.95. The SMILES string of the molecule is CCN(CC(=O)N(C)C)c1ccc(Br)cc1N. The van der Waals surface area contributed by atoms with Gasteiger partial charge < -0.3 is 15.5 Å². The Bertz CT molecular complexity index is 407. The first kappa shape index (κ1) is 13.8. The maximum atomic E-state index is 11.7. The van der Waals surface area contributed by atoms with Gasteiger partial charge in [-0.1, -0.05) is 15.9 Å². The topological polar surface area (TPSA) is 49.6 Å². The van der Waals surface area contributed by atoms with E-state index in [4.69, 9.17) is 5.73 Å².